The van der Waals surface area contributed by atoms with Gasteiger partial charge in [-0.2, -0.15) is 17.6 Å². The maximum atomic E-state index is 13.3. The van der Waals surface area contributed by atoms with E-state index in [-0.39, 0.29) is 32.9 Å². The van der Waals surface area contributed by atoms with Crippen molar-refractivity contribution in [1.82, 2.24) is 15.0 Å². The van der Waals surface area contributed by atoms with E-state index in [1.54, 1.807) is 24.4 Å². The first-order chi connectivity index (χ1) is 18.6. The zero-order valence-corrected chi connectivity index (χ0v) is 21.5. The smallest absolute Gasteiger partial charge is 0.437 e. The van der Waals surface area contributed by atoms with Crippen LogP contribution in [0.2, 0.25) is 10.0 Å². The van der Waals surface area contributed by atoms with Gasteiger partial charge in [0.2, 0.25) is 5.88 Å². The van der Waals surface area contributed by atoms with Gasteiger partial charge in [0, 0.05) is 30.4 Å². The first kappa shape index (κ1) is 28.1. The summed E-state index contributed by atoms with van der Waals surface area (Å²) in [6.45, 7) is 1.92. The molecule has 0 unspecified atom stereocenters. The number of carbonyl (C=O) groups is 1. The molecule has 7 nitrogen and oxygen atoms in total. The first-order valence-corrected chi connectivity index (χ1v) is 12.0. The normalized spacial score (nSPS) is 11.4. The van der Waals surface area contributed by atoms with Crippen LogP contribution in [0.15, 0.2) is 67.0 Å². The van der Waals surface area contributed by atoms with E-state index in [9.17, 15) is 22.4 Å². The van der Waals surface area contributed by atoms with E-state index < -0.39 is 24.2 Å². The van der Waals surface area contributed by atoms with Crippen LogP contribution in [-0.4, -0.2) is 33.4 Å². The molecular weight excluding hydrogens is 563 g/mol. The molecule has 0 saturated carbocycles. The zero-order valence-electron chi connectivity index (χ0n) is 20.0. The summed E-state index contributed by atoms with van der Waals surface area (Å²) in [6.07, 6.45) is -5.02. The molecule has 0 spiro atoms. The highest BCUT2D eigenvalue weighted by molar-refractivity contribution is 6.37. The van der Waals surface area contributed by atoms with Crippen LogP contribution < -0.4 is 14.8 Å². The Morgan fingerprint density at radius 2 is 1.82 bits per heavy atom. The van der Waals surface area contributed by atoms with E-state index >= 15 is 0 Å². The van der Waals surface area contributed by atoms with E-state index in [2.05, 4.69) is 25.0 Å². The summed E-state index contributed by atoms with van der Waals surface area (Å²) in [4.78, 5) is 25.8. The number of aryl methyl sites for hydroxylation is 1. The van der Waals surface area contributed by atoms with Crippen molar-refractivity contribution >= 4 is 34.8 Å². The van der Waals surface area contributed by atoms with Crippen LogP contribution in [0.25, 0.3) is 11.3 Å². The summed E-state index contributed by atoms with van der Waals surface area (Å²) in [5.41, 5.74) is 1.04. The van der Waals surface area contributed by atoms with Gasteiger partial charge in [0.25, 0.3) is 5.91 Å². The maximum absolute atomic E-state index is 13.3. The minimum Gasteiger partial charge on any atom is -0.437 e. The summed E-state index contributed by atoms with van der Waals surface area (Å²) in [5, 5.41) is 2.66. The van der Waals surface area contributed by atoms with Gasteiger partial charge in [0.15, 0.2) is 0 Å². The Hall–Kier alpha value is -3.96. The summed E-state index contributed by atoms with van der Waals surface area (Å²) in [7, 11) is 0. The lowest BCUT2D eigenvalue weighted by Gasteiger charge is -2.17. The van der Waals surface area contributed by atoms with Gasteiger partial charge in [0.1, 0.15) is 17.3 Å². The number of aromatic nitrogens is 3. The Kier molecular flexibility index (Phi) is 8.51. The molecule has 0 radical (unpaired) electrons. The summed E-state index contributed by atoms with van der Waals surface area (Å²) >= 11 is 12.6. The average molecular weight is 581 g/mol. The van der Waals surface area contributed by atoms with Gasteiger partial charge in [-0.15, -0.1) is 0 Å². The number of rotatable bonds is 9. The second-order valence-corrected chi connectivity index (χ2v) is 8.69. The predicted octanol–water partition coefficient (Wildman–Crippen LogP) is 7.69. The fraction of sp³-hybridized carbons (Fsp3) is 0.154. The molecule has 0 fully saturated rings. The van der Waals surface area contributed by atoms with Crippen LogP contribution in [0.4, 0.5) is 23.2 Å². The molecule has 2 aromatic carbocycles. The number of hydrogen-bond acceptors (Lipinski definition) is 6. The number of carbonyl (C=O) groups excluding carboxylic acids is 1. The topological polar surface area (TPSA) is 86.2 Å². The Balaban J connectivity index is 1.59. The lowest BCUT2D eigenvalue weighted by molar-refractivity contribution is -0.253. The van der Waals surface area contributed by atoms with Crippen molar-refractivity contribution in [1.29, 1.82) is 0 Å². The molecule has 202 valence electrons. The molecule has 0 aliphatic carbocycles. The molecule has 2 aromatic heterocycles. The SMILES string of the molecule is CCc1nccc(-c2cccnc2Oc2cc(NC(=O)c3cccc(OC(F)(F)C(F)F)c3)c(Cl)cc2Cl)n1. The maximum Gasteiger partial charge on any atom is 0.461 e. The molecule has 1 N–H and O–H groups in total. The minimum atomic E-state index is -4.73. The Morgan fingerprint density at radius 3 is 2.56 bits per heavy atom. The third-order valence-corrected chi connectivity index (χ3v) is 5.76. The van der Waals surface area contributed by atoms with Crippen molar-refractivity contribution in [2.24, 2.45) is 0 Å². The number of hydrogen-bond donors (Lipinski definition) is 1. The largest absolute Gasteiger partial charge is 0.461 e. The Morgan fingerprint density at radius 1 is 1.03 bits per heavy atom. The fourth-order valence-electron chi connectivity index (χ4n) is 3.29. The average Bonchev–Trinajstić information content (AvgIpc) is 2.91. The van der Waals surface area contributed by atoms with E-state index in [4.69, 9.17) is 27.9 Å². The number of halogens is 6. The molecule has 0 saturated heterocycles. The van der Waals surface area contributed by atoms with Crippen molar-refractivity contribution in [3.8, 4) is 28.6 Å². The van der Waals surface area contributed by atoms with Gasteiger partial charge in [0.05, 0.1) is 27.0 Å². The number of ether oxygens (including phenoxy) is 2. The quantitative estimate of drug-likeness (QED) is 0.204. The minimum absolute atomic E-state index is 0.0435. The van der Waals surface area contributed by atoms with Crippen LogP contribution in [0.3, 0.4) is 0 Å². The van der Waals surface area contributed by atoms with E-state index in [1.165, 1.54) is 30.5 Å². The number of alkyl halides is 4. The lowest BCUT2D eigenvalue weighted by atomic mass is 10.2. The molecule has 2 heterocycles. The number of benzene rings is 2. The highest BCUT2D eigenvalue weighted by atomic mass is 35.5. The number of pyridine rings is 1. The summed E-state index contributed by atoms with van der Waals surface area (Å²) < 4.78 is 61.5. The summed E-state index contributed by atoms with van der Waals surface area (Å²) in [5.74, 6) is -0.524. The van der Waals surface area contributed by atoms with Gasteiger partial charge in [-0.25, -0.2) is 15.0 Å². The third-order valence-electron chi connectivity index (χ3n) is 5.15. The lowest BCUT2D eigenvalue weighted by Crippen LogP contribution is -2.33. The Bertz CT molecular complexity index is 1510. The number of nitrogens with one attached hydrogen (secondary N) is 1. The Labute approximate surface area is 229 Å². The molecule has 4 aromatic rings. The van der Waals surface area contributed by atoms with Crippen LogP contribution in [-0.2, 0) is 6.42 Å². The molecule has 1 amide bonds. The molecular formula is C26H18Cl2F4N4O3. The third kappa shape index (κ3) is 6.73. The molecule has 4 rings (SSSR count). The zero-order chi connectivity index (χ0) is 28.2. The van der Waals surface area contributed by atoms with Gasteiger partial charge in [-0.05, 0) is 42.5 Å². The first-order valence-electron chi connectivity index (χ1n) is 11.3. The van der Waals surface area contributed by atoms with Crippen LogP contribution in [0.5, 0.6) is 17.4 Å². The summed E-state index contributed by atoms with van der Waals surface area (Å²) in [6, 6.07) is 12.2. The molecule has 39 heavy (non-hydrogen) atoms. The van der Waals surface area contributed by atoms with Gasteiger partial charge >= 0.3 is 12.5 Å². The second kappa shape index (κ2) is 11.8. The van der Waals surface area contributed by atoms with Crippen molar-refractivity contribution in [3.63, 3.8) is 0 Å². The van der Waals surface area contributed by atoms with Crippen LogP contribution >= 0.6 is 23.2 Å². The number of nitrogens with zero attached hydrogens (tertiary/aromatic N) is 3. The monoisotopic (exact) mass is 580 g/mol. The second-order valence-electron chi connectivity index (χ2n) is 7.88. The molecule has 0 aliphatic rings. The molecule has 13 heteroatoms. The fourth-order valence-corrected chi connectivity index (χ4v) is 3.76. The number of amides is 1. The van der Waals surface area contributed by atoms with Crippen molar-refractivity contribution in [2.45, 2.75) is 25.9 Å². The highest BCUT2D eigenvalue weighted by Gasteiger charge is 2.44. The van der Waals surface area contributed by atoms with E-state index in [1.807, 2.05) is 6.92 Å². The molecule has 0 bridgehead atoms. The van der Waals surface area contributed by atoms with Crippen molar-refractivity contribution < 1.29 is 31.8 Å². The van der Waals surface area contributed by atoms with Crippen molar-refractivity contribution in [2.75, 3.05) is 5.32 Å². The molecule has 0 aliphatic heterocycles. The molecule has 0 atom stereocenters. The predicted molar refractivity (Wildman–Crippen MR) is 137 cm³/mol. The van der Waals surface area contributed by atoms with Crippen LogP contribution in [0, 0.1) is 0 Å². The van der Waals surface area contributed by atoms with Gasteiger partial charge in [-0.1, -0.05) is 36.2 Å². The number of anilines is 1. The standard InChI is InChI=1S/C26H18Cl2F4N4O3/c1-2-22-33-10-8-19(35-22)16-7-4-9-34-24(16)38-21-13-20(17(27)12-18(21)28)36-23(37)14-5-3-6-15(11-14)39-26(31,32)25(29)30/h3-13,25H,2H2,1H3,(H,36,37). The van der Waals surface area contributed by atoms with Crippen LogP contribution in [0.1, 0.15) is 23.1 Å². The van der Waals surface area contributed by atoms with E-state index in [0.717, 1.165) is 12.1 Å². The van der Waals surface area contributed by atoms with E-state index in [0.29, 0.717) is 23.5 Å². The van der Waals surface area contributed by atoms with Gasteiger partial charge in [-0.3, -0.25) is 4.79 Å². The highest BCUT2D eigenvalue weighted by Crippen LogP contribution is 2.39. The van der Waals surface area contributed by atoms with Crippen molar-refractivity contribution in [3.05, 3.63) is 88.4 Å². The van der Waals surface area contributed by atoms with Gasteiger partial charge < -0.3 is 14.8 Å².